The Morgan fingerprint density at radius 2 is 2.33 bits per heavy atom. The van der Waals surface area contributed by atoms with E-state index < -0.39 is 0 Å². The smallest absolute Gasteiger partial charge is 0.134 e. The van der Waals surface area contributed by atoms with Crippen LogP contribution >= 0.6 is 0 Å². The fraction of sp³-hybridized carbons (Fsp3) is 0.714. The van der Waals surface area contributed by atoms with Crippen molar-refractivity contribution in [3.63, 3.8) is 0 Å². The van der Waals surface area contributed by atoms with Crippen LogP contribution in [0.15, 0.2) is 6.20 Å². The second kappa shape index (κ2) is 6.25. The third kappa shape index (κ3) is 3.27. The lowest BCUT2D eigenvalue weighted by atomic mass is 10.1. The number of hydrogen-bond donors (Lipinski definition) is 1. The van der Waals surface area contributed by atoms with Crippen LogP contribution in [0.1, 0.15) is 50.2 Å². The number of aryl methyl sites for hydroxylation is 1. The van der Waals surface area contributed by atoms with E-state index in [-0.39, 0.29) is 0 Å². The predicted octanol–water partition coefficient (Wildman–Crippen LogP) is 2.04. The summed E-state index contributed by atoms with van der Waals surface area (Å²) >= 11 is 0. The maximum absolute atomic E-state index is 5.40. The average Bonchev–Trinajstić information content (AvgIpc) is 2.90. The Morgan fingerprint density at radius 1 is 1.50 bits per heavy atom. The summed E-state index contributed by atoms with van der Waals surface area (Å²) in [6.07, 6.45) is 3.99. The maximum atomic E-state index is 5.40. The van der Waals surface area contributed by atoms with Crippen LogP contribution in [0, 0.1) is 0 Å². The van der Waals surface area contributed by atoms with Gasteiger partial charge in [-0.3, -0.25) is 0 Å². The average molecular weight is 249 g/mol. The highest BCUT2D eigenvalue weighted by Gasteiger charge is 2.21. The van der Waals surface area contributed by atoms with Gasteiger partial charge in [0, 0.05) is 42.6 Å². The van der Waals surface area contributed by atoms with E-state index in [4.69, 9.17) is 9.72 Å². The van der Waals surface area contributed by atoms with Crippen LogP contribution in [0.5, 0.6) is 0 Å². The fourth-order valence-corrected chi connectivity index (χ4v) is 2.16. The van der Waals surface area contributed by atoms with E-state index in [0.717, 1.165) is 38.4 Å². The molecule has 2 rings (SSSR count). The summed E-state index contributed by atoms with van der Waals surface area (Å²) < 4.78 is 5.40. The van der Waals surface area contributed by atoms with Gasteiger partial charge in [0.25, 0.3) is 0 Å². The van der Waals surface area contributed by atoms with Crippen molar-refractivity contribution in [3.8, 4) is 0 Å². The van der Waals surface area contributed by atoms with Crippen LogP contribution < -0.4 is 5.32 Å². The largest absolute Gasteiger partial charge is 0.381 e. The number of ether oxygens (including phenoxy) is 1. The van der Waals surface area contributed by atoms with Gasteiger partial charge in [-0.05, 0) is 12.8 Å². The molecule has 1 aliphatic heterocycles. The summed E-state index contributed by atoms with van der Waals surface area (Å²) in [5, 5.41) is 3.42. The summed E-state index contributed by atoms with van der Waals surface area (Å²) in [5.41, 5.74) is 2.38. The number of nitrogens with zero attached hydrogens (tertiary/aromatic N) is 2. The topological polar surface area (TPSA) is 47.0 Å². The summed E-state index contributed by atoms with van der Waals surface area (Å²) in [6, 6.07) is 0.484. The fourth-order valence-electron chi connectivity index (χ4n) is 2.16. The molecule has 1 N–H and O–H groups in total. The summed E-state index contributed by atoms with van der Waals surface area (Å²) in [7, 11) is 0. The lowest BCUT2D eigenvalue weighted by Crippen LogP contribution is -2.23. The second-order valence-corrected chi connectivity index (χ2v) is 5.15. The SMILES string of the molecule is CCc1nc(C2CCOC2)ncc1CNC(C)C. The van der Waals surface area contributed by atoms with Crippen molar-refractivity contribution < 1.29 is 4.74 Å². The van der Waals surface area contributed by atoms with Crippen molar-refractivity contribution in [3.05, 3.63) is 23.3 Å². The Morgan fingerprint density at radius 3 is 2.94 bits per heavy atom. The van der Waals surface area contributed by atoms with Gasteiger partial charge in [-0.25, -0.2) is 9.97 Å². The van der Waals surface area contributed by atoms with Crippen LogP contribution in [0.2, 0.25) is 0 Å². The Kier molecular flexibility index (Phi) is 4.66. The minimum atomic E-state index is 0.391. The van der Waals surface area contributed by atoms with Gasteiger partial charge < -0.3 is 10.1 Å². The molecule has 18 heavy (non-hydrogen) atoms. The van der Waals surface area contributed by atoms with Gasteiger partial charge in [-0.1, -0.05) is 20.8 Å². The lowest BCUT2D eigenvalue weighted by molar-refractivity contribution is 0.193. The molecule has 2 heterocycles. The van der Waals surface area contributed by atoms with Gasteiger partial charge in [-0.2, -0.15) is 0 Å². The van der Waals surface area contributed by atoms with Crippen LogP contribution in [0.25, 0.3) is 0 Å². The normalized spacial score (nSPS) is 19.7. The molecular weight excluding hydrogens is 226 g/mol. The molecule has 100 valence electrons. The molecule has 0 radical (unpaired) electrons. The maximum Gasteiger partial charge on any atom is 0.134 e. The van der Waals surface area contributed by atoms with E-state index in [1.54, 1.807) is 0 Å². The second-order valence-electron chi connectivity index (χ2n) is 5.15. The lowest BCUT2D eigenvalue weighted by Gasteiger charge is -2.13. The van der Waals surface area contributed by atoms with Crippen molar-refractivity contribution in [2.75, 3.05) is 13.2 Å². The molecule has 0 aromatic carbocycles. The molecule has 0 bridgehead atoms. The standard InChI is InChI=1S/C14H23N3O/c1-4-13-12(7-15-10(2)3)8-16-14(17-13)11-5-6-18-9-11/h8,10-11,15H,4-7,9H2,1-3H3. The van der Waals surface area contributed by atoms with Gasteiger partial charge in [0.05, 0.1) is 6.61 Å². The quantitative estimate of drug-likeness (QED) is 0.867. The highest BCUT2D eigenvalue weighted by Crippen LogP contribution is 2.22. The summed E-state index contributed by atoms with van der Waals surface area (Å²) in [5.74, 6) is 1.35. The van der Waals surface area contributed by atoms with Crippen molar-refractivity contribution in [2.24, 2.45) is 0 Å². The van der Waals surface area contributed by atoms with Crippen molar-refractivity contribution in [2.45, 2.75) is 52.1 Å². The molecule has 0 aliphatic carbocycles. The van der Waals surface area contributed by atoms with Crippen molar-refractivity contribution in [1.29, 1.82) is 0 Å². The molecule has 1 unspecified atom stereocenters. The van der Waals surface area contributed by atoms with Gasteiger partial charge in [-0.15, -0.1) is 0 Å². The highest BCUT2D eigenvalue weighted by atomic mass is 16.5. The molecule has 1 fully saturated rings. The van der Waals surface area contributed by atoms with E-state index in [1.165, 1.54) is 11.3 Å². The molecule has 0 spiro atoms. The molecule has 1 aliphatic rings. The molecule has 1 atom stereocenters. The molecule has 4 nitrogen and oxygen atoms in total. The number of aromatic nitrogens is 2. The van der Waals surface area contributed by atoms with E-state index in [1.807, 2.05) is 6.20 Å². The number of hydrogen-bond acceptors (Lipinski definition) is 4. The first-order valence-electron chi connectivity index (χ1n) is 6.86. The van der Waals surface area contributed by atoms with Crippen molar-refractivity contribution in [1.82, 2.24) is 15.3 Å². The number of nitrogens with one attached hydrogen (secondary N) is 1. The third-order valence-electron chi connectivity index (χ3n) is 3.30. The van der Waals surface area contributed by atoms with Gasteiger partial charge in [0.1, 0.15) is 5.82 Å². The first kappa shape index (κ1) is 13.4. The minimum Gasteiger partial charge on any atom is -0.381 e. The Bertz CT molecular complexity index is 387. The Hall–Kier alpha value is -1.00. The van der Waals surface area contributed by atoms with Gasteiger partial charge >= 0.3 is 0 Å². The zero-order valence-electron chi connectivity index (χ0n) is 11.6. The highest BCUT2D eigenvalue weighted by molar-refractivity contribution is 5.19. The first-order chi connectivity index (χ1) is 8.70. The number of rotatable bonds is 5. The van der Waals surface area contributed by atoms with Crippen LogP contribution in [0.3, 0.4) is 0 Å². The molecule has 1 saturated heterocycles. The van der Waals surface area contributed by atoms with E-state index in [9.17, 15) is 0 Å². The monoisotopic (exact) mass is 249 g/mol. The molecule has 1 aromatic rings. The van der Waals surface area contributed by atoms with Gasteiger partial charge in [0.15, 0.2) is 0 Å². The van der Waals surface area contributed by atoms with Crippen LogP contribution in [0.4, 0.5) is 0 Å². The molecule has 0 amide bonds. The summed E-state index contributed by atoms with van der Waals surface area (Å²) in [6.45, 7) is 8.91. The van der Waals surface area contributed by atoms with Crippen LogP contribution in [-0.2, 0) is 17.7 Å². The van der Waals surface area contributed by atoms with Crippen LogP contribution in [-0.4, -0.2) is 29.2 Å². The molecule has 0 saturated carbocycles. The Labute approximate surface area is 109 Å². The molecule has 1 aromatic heterocycles. The molecule has 4 heteroatoms. The Balaban J connectivity index is 2.11. The third-order valence-corrected chi connectivity index (χ3v) is 3.30. The molecular formula is C14H23N3O. The van der Waals surface area contributed by atoms with Gasteiger partial charge in [0.2, 0.25) is 0 Å². The van der Waals surface area contributed by atoms with E-state index >= 15 is 0 Å². The van der Waals surface area contributed by atoms with E-state index in [2.05, 4.69) is 31.1 Å². The van der Waals surface area contributed by atoms with E-state index in [0.29, 0.717) is 12.0 Å². The predicted molar refractivity (Wildman–Crippen MR) is 71.6 cm³/mol. The zero-order valence-corrected chi connectivity index (χ0v) is 11.6. The van der Waals surface area contributed by atoms with Crippen molar-refractivity contribution >= 4 is 0 Å². The minimum absolute atomic E-state index is 0.391. The first-order valence-corrected chi connectivity index (χ1v) is 6.86. The summed E-state index contributed by atoms with van der Waals surface area (Å²) in [4.78, 5) is 9.24. The zero-order chi connectivity index (χ0) is 13.0.